The Morgan fingerprint density at radius 3 is 2.71 bits per heavy atom. The number of nitrogens with one attached hydrogen (secondary N) is 1. The molecule has 3 N–H and O–H groups in total. The summed E-state index contributed by atoms with van der Waals surface area (Å²) in [6.07, 6.45) is 3.90. The topological polar surface area (TPSA) is 55.1 Å². The number of hydrogen-bond donors (Lipinski definition) is 2. The molecular weight excluding hydrogens is 256 g/mol. The summed E-state index contributed by atoms with van der Waals surface area (Å²) in [6.45, 7) is 0.864. The van der Waals surface area contributed by atoms with Crippen LogP contribution in [0.15, 0.2) is 11.4 Å². The number of nitrogens with two attached hydrogens (primary N) is 1. The second-order valence-corrected chi connectivity index (χ2v) is 6.00. The highest BCUT2D eigenvalue weighted by molar-refractivity contribution is 7.10. The molecule has 0 aliphatic heterocycles. The molecule has 0 unspecified atom stereocenters. The number of thiophene rings is 1. The van der Waals surface area contributed by atoms with Gasteiger partial charge in [-0.05, 0) is 31.7 Å². The quantitative estimate of drug-likeness (QED) is 0.885. The third-order valence-electron chi connectivity index (χ3n) is 3.32. The molecule has 3 nitrogen and oxygen atoms in total. The van der Waals surface area contributed by atoms with Gasteiger partial charge in [0.15, 0.2) is 0 Å². The van der Waals surface area contributed by atoms with Gasteiger partial charge in [-0.2, -0.15) is 0 Å². The van der Waals surface area contributed by atoms with Crippen molar-refractivity contribution in [3.8, 4) is 0 Å². The summed E-state index contributed by atoms with van der Waals surface area (Å²) in [5.74, 6) is -0.0577. The Bertz CT molecular complexity index is 386. The molecule has 1 aromatic heterocycles. The smallest absolute Gasteiger partial charge is 0.220 e. The lowest BCUT2D eigenvalue weighted by Gasteiger charge is -2.27. The van der Waals surface area contributed by atoms with Crippen LogP contribution in [0.4, 0.5) is 0 Å². The van der Waals surface area contributed by atoms with Crippen LogP contribution in [0.2, 0.25) is 5.02 Å². The van der Waals surface area contributed by atoms with Gasteiger partial charge in [0.25, 0.3) is 0 Å². The zero-order chi connectivity index (χ0) is 12.3. The fraction of sp³-hybridized carbons (Fsp3) is 0.583. The molecule has 5 heteroatoms. The van der Waals surface area contributed by atoms with E-state index in [1.807, 2.05) is 11.4 Å². The van der Waals surface area contributed by atoms with E-state index in [4.69, 9.17) is 17.3 Å². The summed E-state index contributed by atoms with van der Waals surface area (Å²) in [7, 11) is 0. The van der Waals surface area contributed by atoms with E-state index in [1.54, 1.807) is 11.3 Å². The minimum atomic E-state index is -0.145. The summed E-state index contributed by atoms with van der Waals surface area (Å²) in [5.41, 5.74) is 5.31. The van der Waals surface area contributed by atoms with Gasteiger partial charge in [-0.25, -0.2) is 0 Å². The van der Waals surface area contributed by atoms with Crippen LogP contribution in [-0.2, 0) is 11.3 Å². The van der Waals surface area contributed by atoms with Crippen LogP contribution in [0.25, 0.3) is 0 Å². The molecule has 0 atom stereocenters. The molecule has 0 bridgehead atoms. The number of hydrogen-bond acceptors (Lipinski definition) is 3. The predicted octanol–water partition coefficient (Wildman–Crippen LogP) is 2.54. The van der Waals surface area contributed by atoms with Gasteiger partial charge in [-0.15, -0.1) is 11.3 Å². The molecule has 1 aliphatic rings. The van der Waals surface area contributed by atoms with E-state index in [1.165, 1.54) is 4.88 Å². The third kappa shape index (κ3) is 3.69. The van der Waals surface area contributed by atoms with Crippen LogP contribution in [-0.4, -0.2) is 11.9 Å². The minimum absolute atomic E-state index is 0.0873. The molecule has 0 aromatic carbocycles. The summed E-state index contributed by atoms with van der Waals surface area (Å²) >= 11 is 7.54. The third-order valence-corrected chi connectivity index (χ3v) is 4.60. The molecule has 2 rings (SSSR count). The van der Waals surface area contributed by atoms with Crippen molar-refractivity contribution in [3.05, 3.63) is 21.3 Å². The average Bonchev–Trinajstić information content (AvgIpc) is 2.73. The fourth-order valence-electron chi connectivity index (χ4n) is 2.27. The number of amides is 1. The molecular formula is C12H17ClN2OS. The molecule has 1 saturated carbocycles. The zero-order valence-corrected chi connectivity index (χ0v) is 11.2. The lowest BCUT2D eigenvalue weighted by Crippen LogP contribution is -2.36. The Kier molecular flexibility index (Phi) is 4.42. The lowest BCUT2D eigenvalue weighted by atomic mass is 9.85. The van der Waals surface area contributed by atoms with E-state index >= 15 is 0 Å². The second-order valence-electron chi connectivity index (χ2n) is 4.56. The van der Waals surface area contributed by atoms with Crippen molar-refractivity contribution in [1.82, 2.24) is 5.32 Å². The average molecular weight is 273 g/mol. The van der Waals surface area contributed by atoms with E-state index < -0.39 is 0 Å². The highest BCUT2D eigenvalue weighted by Gasteiger charge is 2.24. The second kappa shape index (κ2) is 5.85. The SMILES string of the molecule is NC(=O)C1CCC(NCc2cc(Cl)cs2)CC1. The first-order chi connectivity index (χ1) is 8.15. The van der Waals surface area contributed by atoms with Crippen LogP contribution < -0.4 is 11.1 Å². The monoisotopic (exact) mass is 272 g/mol. The maximum atomic E-state index is 11.0. The van der Waals surface area contributed by atoms with Crippen molar-refractivity contribution in [2.75, 3.05) is 0 Å². The summed E-state index contributed by atoms with van der Waals surface area (Å²) in [4.78, 5) is 12.3. The molecule has 0 spiro atoms. The number of rotatable bonds is 4. The van der Waals surface area contributed by atoms with E-state index in [0.717, 1.165) is 37.3 Å². The van der Waals surface area contributed by atoms with Crippen LogP contribution in [0.5, 0.6) is 0 Å². The Morgan fingerprint density at radius 1 is 1.47 bits per heavy atom. The van der Waals surface area contributed by atoms with Gasteiger partial charge in [0.05, 0.1) is 5.02 Å². The van der Waals surface area contributed by atoms with Crippen molar-refractivity contribution in [2.45, 2.75) is 38.3 Å². The van der Waals surface area contributed by atoms with Crippen molar-refractivity contribution >= 4 is 28.8 Å². The van der Waals surface area contributed by atoms with Crippen molar-refractivity contribution < 1.29 is 4.79 Å². The molecule has 1 fully saturated rings. The van der Waals surface area contributed by atoms with E-state index in [9.17, 15) is 4.79 Å². The summed E-state index contributed by atoms with van der Waals surface area (Å²) in [5, 5.41) is 6.27. The number of primary amides is 1. The van der Waals surface area contributed by atoms with Gasteiger partial charge < -0.3 is 11.1 Å². The van der Waals surface area contributed by atoms with Gasteiger partial charge in [0, 0.05) is 28.8 Å². The largest absolute Gasteiger partial charge is 0.369 e. The Balaban J connectivity index is 1.73. The van der Waals surface area contributed by atoms with E-state index in [2.05, 4.69) is 5.32 Å². The van der Waals surface area contributed by atoms with Crippen LogP contribution in [0, 0.1) is 5.92 Å². The molecule has 0 saturated heterocycles. The highest BCUT2D eigenvalue weighted by atomic mass is 35.5. The number of carbonyl (C=O) groups excluding carboxylic acids is 1. The molecule has 1 heterocycles. The maximum Gasteiger partial charge on any atom is 0.220 e. The van der Waals surface area contributed by atoms with Crippen LogP contribution >= 0.6 is 22.9 Å². The molecule has 1 aromatic rings. The molecule has 0 radical (unpaired) electrons. The van der Waals surface area contributed by atoms with E-state index in [-0.39, 0.29) is 11.8 Å². The number of halogens is 1. The Labute approximate surface area is 110 Å². The first-order valence-corrected chi connectivity index (χ1v) is 7.16. The molecule has 1 aliphatic carbocycles. The maximum absolute atomic E-state index is 11.0. The van der Waals surface area contributed by atoms with Gasteiger partial charge >= 0.3 is 0 Å². The zero-order valence-electron chi connectivity index (χ0n) is 9.62. The van der Waals surface area contributed by atoms with Crippen LogP contribution in [0.1, 0.15) is 30.6 Å². The lowest BCUT2D eigenvalue weighted by molar-refractivity contribution is -0.122. The Hall–Kier alpha value is -0.580. The van der Waals surface area contributed by atoms with Gasteiger partial charge in [0.2, 0.25) is 5.91 Å². The first kappa shape index (κ1) is 12.9. The minimum Gasteiger partial charge on any atom is -0.369 e. The van der Waals surface area contributed by atoms with Crippen molar-refractivity contribution in [3.63, 3.8) is 0 Å². The molecule has 17 heavy (non-hydrogen) atoms. The highest BCUT2D eigenvalue weighted by Crippen LogP contribution is 2.25. The van der Waals surface area contributed by atoms with Crippen LogP contribution in [0.3, 0.4) is 0 Å². The standard InChI is InChI=1S/C12H17ClN2OS/c13-9-5-11(17-7-9)6-15-10-3-1-8(2-4-10)12(14)16/h5,7-8,10,15H,1-4,6H2,(H2,14,16). The molecule has 94 valence electrons. The first-order valence-electron chi connectivity index (χ1n) is 5.91. The van der Waals surface area contributed by atoms with Gasteiger partial charge in [-0.1, -0.05) is 11.6 Å². The van der Waals surface area contributed by atoms with Gasteiger partial charge in [-0.3, -0.25) is 4.79 Å². The Morgan fingerprint density at radius 2 is 2.18 bits per heavy atom. The normalized spacial score (nSPS) is 24.8. The summed E-state index contributed by atoms with van der Waals surface area (Å²) < 4.78 is 0. The van der Waals surface area contributed by atoms with E-state index in [0.29, 0.717) is 6.04 Å². The van der Waals surface area contributed by atoms with Gasteiger partial charge in [0.1, 0.15) is 0 Å². The summed E-state index contributed by atoms with van der Waals surface area (Å²) in [6, 6.07) is 2.50. The predicted molar refractivity (Wildman–Crippen MR) is 71.1 cm³/mol. The van der Waals surface area contributed by atoms with Crippen molar-refractivity contribution in [2.24, 2.45) is 11.7 Å². The number of carbonyl (C=O) groups is 1. The fourth-order valence-corrected chi connectivity index (χ4v) is 3.30. The molecule has 1 amide bonds. The van der Waals surface area contributed by atoms with Crippen molar-refractivity contribution in [1.29, 1.82) is 0 Å².